The van der Waals surface area contributed by atoms with Gasteiger partial charge in [0.1, 0.15) is 5.75 Å². The molecule has 27 heavy (non-hydrogen) atoms. The van der Waals surface area contributed by atoms with E-state index < -0.39 is 10.0 Å². The van der Waals surface area contributed by atoms with E-state index in [1.165, 1.54) is 11.4 Å². The Bertz CT molecular complexity index is 911. The topological polar surface area (TPSA) is 75.7 Å². The van der Waals surface area contributed by atoms with Crippen LogP contribution in [0.3, 0.4) is 0 Å². The maximum Gasteiger partial charge on any atom is 0.243 e. The molecular weight excluding hydrogens is 388 g/mol. The van der Waals surface area contributed by atoms with Crippen molar-refractivity contribution in [2.75, 3.05) is 25.5 Å². The molecule has 8 heteroatoms. The lowest BCUT2D eigenvalue weighted by Gasteiger charge is -2.30. The molecule has 1 aliphatic rings. The van der Waals surface area contributed by atoms with Crippen LogP contribution in [0.4, 0.5) is 5.69 Å². The Morgan fingerprint density at radius 2 is 1.81 bits per heavy atom. The minimum atomic E-state index is -3.51. The summed E-state index contributed by atoms with van der Waals surface area (Å²) in [6.07, 6.45) is 0.948. The number of anilines is 1. The van der Waals surface area contributed by atoms with Gasteiger partial charge in [0, 0.05) is 24.7 Å². The lowest BCUT2D eigenvalue weighted by Crippen LogP contribution is -2.41. The number of nitrogens with zero attached hydrogens (tertiary/aromatic N) is 1. The van der Waals surface area contributed by atoms with Crippen molar-refractivity contribution in [1.82, 2.24) is 4.31 Å². The van der Waals surface area contributed by atoms with Crippen LogP contribution in [0.25, 0.3) is 0 Å². The van der Waals surface area contributed by atoms with Crippen molar-refractivity contribution < 1.29 is 17.9 Å². The van der Waals surface area contributed by atoms with Crippen LogP contribution in [0.15, 0.2) is 53.4 Å². The Morgan fingerprint density at radius 1 is 1.15 bits per heavy atom. The van der Waals surface area contributed by atoms with Crippen molar-refractivity contribution in [3.63, 3.8) is 0 Å². The van der Waals surface area contributed by atoms with E-state index in [1.807, 2.05) is 0 Å². The van der Waals surface area contributed by atoms with Crippen LogP contribution in [0.2, 0.25) is 5.02 Å². The molecule has 0 saturated carbocycles. The predicted octanol–water partition coefficient (Wildman–Crippen LogP) is 3.39. The van der Waals surface area contributed by atoms with Crippen LogP contribution < -0.4 is 10.1 Å². The van der Waals surface area contributed by atoms with E-state index in [0.717, 1.165) is 0 Å². The number of sulfonamides is 1. The van der Waals surface area contributed by atoms with Crippen LogP contribution in [-0.4, -0.2) is 38.8 Å². The SMILES string of the molecule is COc1ccc(NC(=O)C2CCN(S(=O)(=O)c3ccccc3)CC2)cc1Cl. The number of hydrogen-bond donors (Lipinski definition) is 1. The largest absolute Gasteiger partial charge is 0.495 e. The summed E-state index contributed by atoms with van der Waals surface area (Å²) in [4.78, 5) is 12.8. The monoisotopic (exact) mass is 408 g/mol. The summed E-state index contributed by atoms with van der Waals surface area (Å²) in [5, 5.41) is 3.26. The first-order chi connectivity index (χ1) is 12.9. The second-order valence-corrected chi connectivity index (χ2v) is 8.68. The maximum absolute atomic E-state index is 12.7. The van der Waals surface area contributed by atoms with E-state index in [0.29, 0.717) is 42.4 Å². The summed E-state index contributed by atoms with van der Waals surface area (Å²) in [7, 11) is -1.99. The molecule has 0 aromatic heterocycles. The fourth-order valence-electron chi connectivity index (χ4n) is 3.09. The highest BCUT2D eigenvalue weighted by atomic mass is 35.5. The Morgan fingerprint density at radius 3 is 2.41 bits per heavy atom. The predicted molar refractivity (Wildman–Crippen MR) is 105 cm³/mol. The van der Waals surface area contributed by atoms with Gasteiger partial charge in [0.25, 0.3) is 0 Å². The first kappa shape index (κ1) is 19.7. The van der Waals surface area contributed by atoms with Gasteiger partial charge in [-0.05, 0) is 43.2 Å². The lowest BCUT2D eigenvalue weighted by atomic mass is 9.97. The maximum atomic E-state index is 12.7. The molecule has 0 atom stereocenters. The second-order valence-electron chi connectivity index (χ2n) is 6.33. The zero-order chi connectivity index (χ0) is 19.4. The molecule has 1 saturated heterocycles. The molecule has 1 aliphatic heterocycles. The normalized spacial score (nSPS) is 16.1. The van der Waals surface area contributed by atoms with Crippen LogP contribution in [0.1, 0.15) is 12.8 Å². The Labute approximate surface area is 164 Å². The average Bonchev–Trinajstić information content (AvgIpc) is 2.69. The van der Waals surface area contributed by atoms with Crippen molar-refractivity contribution in [3.8, 4) is 5.75 Å². The van der Waals surface area contributed by atoms with Crippen LogP contribution in [0, 0.1) is 5.92 Å². The molecule has 2 aromatic rings. The summed E-state index contributed by atoms with van der Waals surface area (Å²) < 4.78 is 31.8. The van der Waals surface area contributed by atoms with Gasteiger partial charge in [0.15, 0.2) is 0 Å². The molecule has 0 spiro atoms. The summed E-state index contributed by atoms with van der Waals surface area (Å²) in [5.74, 6) is 0.162. The second kappa shape index (κ2) is 8.29. The van der Waals surface area contributed by atoms with Gasteiger partial charge in [-0.1, -0.05) is 29.8 Å². The van der Waals surface area contributed by atoms with Crippen molar-refractivity contribution in [3.05, 3.63) is 53.6 Å². The summed E-state index contributed by atoms with van der Waals surface area (Å²) in [6.45, 7) is 0.636. The van der Waals surface area contributed by atoms with Crippen LogP contribution in [0.5, 0.6) is 5.75 Å². The number of hydrogen-bond acceptors (Lipinski definition) is 4. The Balaban J connectivity index is 1.60. The third-order valence-electron chi connectivity index (χ3n) is 4.63. The lowest BCUT2D eigenvalue weighted by molar-refractivity contribution is -0.120. The molecule has 0 radical (unpaired) electrons. The van der Waals surface area contributed by atoms with E-state index in [-0.39, 0.29) is 16.7 Å². The van der Waals surface area contributed by atoms with Gasteiger partial charge in [-0.25, -0.2) is 8.42 Å². The van der Waals surface area contributed by atoms with Crippen molar-refractivity contribution in [2.24, 2.45) is 5.92 Å². The fourth-order valence-corrected chi connectivity index (χ4v) is 4.84. The zero-order valence-corrected chi connectivity index (χ0v) is 16.5. The molecule has 0 aliphatic carbocycles. The first-order valence-electron chi connectivity index (χ1n) is 8.61. The number of halogens is 1. The molecule has 2 aromatic carbocycles. The number of amides is 1. The van der Waals surface area contributed by atoms with Gasteiger partial charge in [0.2, 0.25) is 15.9 Å². The molecule has 1 N–H and O–H groups in total. The first-order valence-corrected chi connectivity index (χ1v) is 10.4. The number of carbonyl (C=O) groups excluding carboxylic acids is 1. The molecule has 6 nitrogen and oxygen atoms in total. The third kappa shape index (κ3) is 4.43. The molecular formula is C19H21ClN2O4S. The average molecular weight is 409 g/mol. The minimum absolute atomic E-state index is 0.131. The van der Waals surface area contributed by atoms with Crippen molar-refractivity contribution >= 4 is 33.2 Å². The van der Waals surface area contributed by atoms with Gasteiger partial charge in [-0.3, -0.25) is 4.79 Å². The van der Waals surface area contributed by atoms with Gasteiger partial charge < -0.3 is 10.1 Å². The zero-order valence-electron chi connectivity index (χ0n) is 14.9. The summed E-state index contributed by atoms with van der Waals surface area (Å²) >= 11 is 6.08. The number of piperidine rings is 1. The highest BCUT2D eigenvalue weighted by Gasteiger charge is 2.32. The van der Waals surface area contributed by atoms with E-state index in [9.17, 15) is 13.2 Å². The van der Waals surface area contributed by atoms with E-state index in [1.54, 1.807) is 48.5 Å². The van der Waals surface area contributed by atoms with Gasteiger partial charge in [-0.15, -0.1) is 0 Å². The molecule has 1 amide bonds. The van der Waals surface area contributed by atoms with Gasteiger partial charge in [-0.2, -0.15) is 4.31 Å². The molecule has 144 valence electrons. The van der Waals surface area contributed by atoms with Crippen molar-refractivity contribution in [2.45, 2.75) is 17.7 Å². The van der Waals surface area contributed by atoms with Gasteiger partial charge >= 0.3 is 0 Å². The van der Waals surface area contributed by atoms with Gasteiger partial charge in [0.05, 0.1) is 17.0 Å². The third-order valence-corrected chi connectivity index (χ3v) is 6.83. The number of methoxy groups -OCH3 is 1. The molecule has 0 bridgehead atoms. The number of ether oxygens (including phenoxy) is 1. The fraction of sp³-hybridized carbons (Fsp3) is 0.316. The standard InChI is InChI=1S/C19H21ClN2O4S/c1-26-18-8-7-15(13-17(18)20)21-19(23)14-9-11-22(12-10-14)27(24,25)16-5-3-2-4-6-16/h2-8,13-14H,9-12H2,1H3,(H,21,23). The highest BCUT2D eigenvalue weighted by Crippen LogP contribution is 2.29. The van der Waals surface area contributed by atoms with E-state index in [2.05, 4.69) is 5.32 Å². The molecule has 1 heterocycles. The highest BCUT2D eigenvalue weighted by molar-refractivity contribution is 7.89. The Hall–Kier alpha value is -2.09. The molecule has 1 fully saturated rings. The summed E-state index contributed by atoms with van der Waals surface area (Å²) in [5.41, 5.74) is 0.588. The Kier molecular flexibility index (Phi) is 6.04. The smallest absolute Gasteiger partial charge is 0.243 e. The van der Waals surface area contributed by atoms with E-state index in [4.69, 9.17) is 16.3 Å². The summed E-state index contributed by atoms with van der Waals surface area (Å²) in [6, 6.07) is 13.4. The number of benzene rings is 2. The van der Waals surface area contributed by atoms with Crippen LogP contribution in [-0.2, 0) is 14.8 Å². The number of rotatable bonds is 5. The van der Waals surface area contributed by atoms with Crippen molar-refractivity contribution in [1.29, 1.82) is 0 Å². The minimum Gasteiger partial charge on any atom is -0.495 e. The quantitative estimate of drug-likeness (QED) is 0.822. The molecule has 0 unspecified atom stereocenters. The van der Waals surface area contributed by atoms with E-state index >= 15 is 0 Å². The molecule has 3 rings (SSSR count). The number of nitrogens with one attached hydrogen (secondary N) is 1. The van der Waals surface area contributed by atoms with Crippen LogP contribution >= 0.6 is 11.6 Å². The number of carbonyl (C=O) groups is 1.